The Morgan fingerprint density at radius 3 is 2.66 bits per heavy atom. The first kappa shape index (κ1) is 19.6. The van der Waals surface area contributed by atoms with Crippen molar-refractivity contribution in [2.75, 3.05) is 26.1 Å². The molecular weight excluding hydrogens is 370 g/mol. The van der Waals surface area contributed by atoms with Crippen LogP contribution in [0.25, 0.3) is 22.3 Å². The van der Waals surface area contributed by atoms with Crippen LogP contribution in [0.5, 0.6) is 5.88 Å². The fourth-order valence-electron chi connectivity index (χ4n) is 4.19. The van der Waals surface area contributed by atoms with Crippen LogP contribution in [0.4, 0.5) is 5.95 Å². The van der Waals surface area contributed by atoms with E-state index in [-0.39, 0.29) is 24.7 Å². The molecule has 1 saturated carbocycles. The summed E-state index contributed by atoms with van der Waals surface area (Å²) >= 11 is 0. The third kappa shape index (κ3) is 3.90. The highest BCUT2D eigenvalue weighted by atomic mass is 16.5. The number of aryl methyl sites for hydroxylation is 1. The summed E-state index contributed by atoms with van der Waals surface area (Å²) < 4.78 is 13.2. The first-order chi connectivity index (χ1) is 14.1. The van der Waals surface area contributed by atoms with Crippen molar-refractivity contribution in [3.05, 3.63) is 30.1 Å². The summed E-state index contributed by atoms with van der Waals surface area (Å²) in [5, 5.41) is 10.0. The standard InChI is InChI=1S/C21H27N5O3/c1-13-17-11-18(14-3-8-19(28-2)23-12-14)26(20(17)25-21(22)24-13)15-4-6-16(7-5-15)29-10-9-27/h3,8,11-12,15-16,27H,4-7,9-10H2,1-2H3,(H2,22,24,25). The quantitative estimate of drug-likeness (QED) is 0.658. The zero-order valence-corrected chi connectivity index (χ0v) is 16.8. The first-order valence-corrected chi connectivity index (χ1v) is 9.98. The Balaban J connectivity index is 1.74. The van der Waals surface area contributed by atoms with Crippen molar-refractivity contribution >= 4 is 17.0 Å². The zero-order valence-electron chi connectivity index (χ0n) is 16.8. The van der Waals surface area contributed by atoms with Gasteiger partial charge in [-0.3, -0.25) is 0 Å². The van der Waals surface area contributed by atoms with Gasteiger partial charge in [-0.25, -0.2) is 9.97 Å². The smallest absolute Gasteiger partial charge is 0.222 e. The number of ether oxygens (including phenoxy) is 2. The van der Waals surface area contributed by atoms with Crippen molar-refractivity contribution in [1.29, 1.82) is 0 Å². The molecule has 1 fully saturated rings. The van der Waals surface area contributed by atoms with Crippen LogP contribution in [0.15, 0.2) is 24.4 Å². The normalized spacial score (nSPS) is 19.6. The van der Waals surface area contributed by atoms with Gasteiger partial charge in [-0.1, -0.05) is 0 Å². The largest absolute Gasteiger partial charge is 0.481 e. The van der Waals surface area contributed by atoms with E-state index in [2.05, 4.69) is 25.6 Å². The van der Waals surface area contributed by atoms with Gasteiger partial charge in [-0.15, -0.1) is 0 Å². The summed E-state index contributed by atoms with van der Waals surface area (Å²) in [5.41, 5.74) is 9.76. The SMILES string of the molecule is COc1ccc(-c2cc3c(C)nc(N)nc3n2C2CCC(OCCO)CC2)cn1. The number of hydrogen-bond acceptors (Lipinski definition) is 7. The lowest BCUT2D eigenvalue weighted by Gasteiger charge is -2.31. The van der Waals surface area contributed by atoms with E-state index in [4.69, 9.17) is 20.3 Å². The molecular formula is C21H27N5O3. The highest BCUT2D eigenvalue weighted by Gasteiger charge is 2.27. The predicted molar refractivity (Wildman–Crippen MR) is 111 cm³/mol. The van der Waals surface area contributed by atoms with E-state index in [9.17, 15) is 0 Å². The van der Waals surface area contributed by atoms with Crippen LogP contribution in [-0.2, 0) is 4.74 Å². The number of hydrogen-bond donors (Lipinski definition) is 2. The van der Waals surface area contributed by atoms with Crippen molar-refractivity contribution in [3.63, 3.8) is 0 Å². The highest BCUT2D eigenvalue weighted by Crippen LogP contribution is 2.38. The van der Waals surface area contributed by atoms with Gasteiger partial charge in [0.1, 0.15) is 5.65 Å². The lowest BCUT2D eigenvalue weighted by atomic mass is 9.92. The molecule has 0 aromatic carbocycles. The first-order valence-electron chi connectivity index (χ1n) is 9.98. The number of nitrogens with two attached hydrogens (primary N) is 1. The minimum Gasteiger partial charge on any atom is -0.481 e. The van der Waals surface area contributed by atoms with E-state index in [1.165, 1.54) is 0 Å². The lowest BCUT2D eigenvalue weighted by molar-refractivity contribution is 0.00200. The van der Waals surface area contributed by atoms with Crippen LogP contribution in [0.3, 0.4) is 0 Å². The maximum atomic E-state index is 9.00. The van der Waals surface area contributed by atoms with Gasteiger partial charge in [0.15, 0.2) is 0 Å². The van der Waals surface area contributed by atoms with E-state index in [0.717, 1.165) is 53.7 Å². The van der Waals surface area contributed by atoms with Crippen LogP contribution in [0.1, 0.15) is 37.4 Å². The molecule has 0 radical (unpaired) electrons. The number of rotatable bonds is 6. The van der Waals surface area contributed by atoms with Crippen molar-refractivity contribution in [1.82, 2.24) is 19.5 Å². The van der Waals surface area contributed by atoms with Crippen molar-refractivity contribution in [2.45, 2.75) is 44.8 Å². The second-order valence-electron chi connectivity index (χ2n) is 7.42. The molecule has 1 aliphatic carbocycles. The molecule has 3 aromatic heterocycles. The summed E-state index contributed by atoms with van der Waals surface area (Å²) in [7, 11) is 1.61. The fourth-order valence-corrected chi connectivity index (χ4v) is 4.19. The van der Waals surface area contributed by atoms with Crippen LogP contribution in [-0.4, -0.2) is 51.1 Å². The van der Waals surface area contributed by atoms with E-state index in [1.807, 2.05) is 25.3 Å². The molecule has 3 heterocycles. The van der Waals surface area contributed by atoms with Crippen molar-refractivity contribution in [2.24, 2.45) is 0 Å². The number of aliphatic hydroxyl groups is 1. The van der Waals surface area contributed by atoms with Gasteiger partial charge in [0.25, 0.3) is 0 Å². The van der Waals surface area contributed by atoms with Gasteiger partial charge in [-0.05, 0) is 44.7 Å². The molecule has 0 aliphatic heterocycles. The predicted octanol–water partition coefficient (Wildman–Crippen LogP) is 2.89. The number of methoxy groups -OCH3 is 1. The van der Waals surface area contributed by atoms with Gasteiger partial charge in [0.05, 0.1) is 37.8 Å². The Labute approximate surface area is 169 Å². The molecule has 0 spiro atoms. The van der Waals surface area contributed by atoms with Gasteiger partial charge in [-0.2, -0.15) is 4.98 Å². The fraction of sp³-hybridized carbons (Fsp3) is 0.476. The molecule has 1 aliphatic rings. The number of nitrogens with zero attached hydrogens (tertiary/aromatic N) is 4. The summed E-state index contributed by atoms with van der Waals surface area (Å²) in [5.74, 6) is 0.867. The Bertz CT molecular complexity index is 978. The summed E-state index contributed by atoms with van der Waals surface area (Å²) in [6.45, 7) is 2.42. The average molecular weight is 397 g/mol. The molecule has 0 saturated heterocycles. The van der Waals surface area contributed by atoms with Crippen molar-refractivity contribution in [3.8, 4) is 17.1 Å². The van der Waals surface area contributed by atoms with Gasteiger partial charge in [0.2, 0.25) is 11.8 Å². The molecule has 3 aromatic rings. The summed E-state index contributed by atoms with van der Waals surface area (Å²) in [6, 6.07) is 6.29. The molecule has 0 atom stereocenters. The third-order valence-corrected chi connectivity index (χ3v) is 5.60. The van der Waals surface area contributed by atoms with Crippen LogP contribution >= 0.6 is 0 Å². The van der Waals surface area contributed by atoms with Crippen LogP contribution < -0.4 is 10.5 Å². The van der Waals surface area contributed by atoms with E-state index < -0.39 is 0 Å². The second-order valence-corrected chi connectivity index (χ2v) is 7.42. The zero-order chi connectivity index (χ0) is 20.4. The Morgan fingerprint density at radius 1 is 1.21 bits per heavy atom. The molecule has 0 unspecified atom stereocenters. The summed E-state index contributed by atoms with van der Waals surface area (Å²) in [6.07, 6.45) is 5.87. The van der Waals surface area contributed by atoms with Gasteiger partial charge in [0, 0.05) is 29.3 Å². The second kappa shape index (κ2) is 8.34. The molecule has 0 bridgehead atoms. The molecule has 154 valence electrons. The Hall–Kier alpha value is -2.71. The minimum absolute atomic E-state index is 0.0618. The van der Waals surface area contributed by atoms with Crippen LogP contribution in [0.2, 0.25) is 0 Å². The third-order valence-electron chi connectivity index (χ3n) is 5.60. The molecule has 3 N–H and O–H groups in total. The number of nitrogen functional groups attached to an aromatic ring is 1. The number of fused-ring (bicyclic) bond motifs is 1. The Morgan fingerprint density at radius 2 is 2.00 bits per heavy atom. The number of aromatic nitrogens is 4. The van der Waals surface area contributed by atoms with Gasteiger partial charge < -0.3 is 24.9 Å². The number of aliphatic hydroxyl groups excluding tert-OH is 1. The minimum atomic E-state index is 0.0618. The van der Waals surface area contributed by atoms with Crippen LogP contribution in [0, 0.1) is 6.92 Å². The molecule has 0 amide bonds. The van der Waals surface area contributed by atoms with E-state index >= 15 is 0 Å². The summed E-state index contributed by atoms with van der Waals surface area (Å²) in [4.78, 5) is 13.3. The van der Waals surface area contributed by atoms with Gasteiger partial charge >= 0.3 is 0 Å². The van der Waals surface area contributed by atoms with E-state index in [1.54, 1.807) is 7.11 Å². The molecule has 4 rings (SSSR count). The maximum Gasteiger partial charge on any atom is 0.222 e. The Kier molecular flexibility index (Phi) is 5.64. The maximum absolute atomic E-state index is 9.00. The molecule has 8 heteroatoms. The number of pyridine rings is 1. The topological polar surface area (TPSA) is 108 Å². The number of anilines is 1. The van der Waals surface area contributed by atoms with Crippen molar-refractivity contribution < 1.29 is 14.6 Å². The molecule has 8 nitrogen and oxygen atoms in total. The monoisotopic (exact) mass is 397 g/mol. The molecule has 29 heavy (non-hydrogen) atoms. The highest BCUT2D eigenvalue weighted by molar-refractivity contribution is 5.86. The average Bonchev–Trinajstić information content (AvgIpc) is 3.12. The van der Waals surface area contributed by atoms with E-state index in [0.29, 0.717) is 12.5 Å². The lowest BCUT2D eigenvalue weighted by Crippen LogP contribution is -2.25.